The van der Waals surface area contributed by atoms with Crippen LogP contribution in [0.2, 0.25) is 0 Å². The van der Waals surface area contributed by atoms with Crippen LogP contribution >= 0.6 is 0 Å². The van der Waals surface area contributed by atoms with Crippen LogP contribution < -0.4 is 0 Å². The van der Waals surface area contributed by atoms with Crippen LogP contribution in [0.4, 0.5) is 0 Å². The van der Waals surface area contributed by atoms with Crippen molar-refractivity contribution < 1.29 is 8.83 Å². The van der Waals surface area contributed by atoms with E-state index in [1.54, 1.807) is 0 Å². The maximum atomic E-state index is 7.00. The van der Waals surface area contributed by atoms with Gasteiger partial charge in [0, 0.05) is 21.5 Å². The van der Waals surface area contributed by atoms with Crippen molar-refractivity contribution in [2.24, 2.45) is 0 Å². The molecule has 0 radical (unpaired) electrons. The fourth-order valence-corrected chi connectivity index (χ4v) is 9.51. The van der Waals surface area contributed by atoms with E-state index in [2.05, 4.69) is 182 Å². The molecule has 12 rings (SSSR count). The lowest BCUT2D eigenvalue weighted by Gasteiger charge is -2.24. The van der Waals surface area contributed by atoms with Crippen LogP contribution in [0.25, 0.3) is 98.8 Å². The van der Waals surface area contributed by atoms with Crippen LogP contribution in [-0.4, -0.2) is 0 Å². The van der Waals surface area contributed by atoms with Crippen LogP contribution in [0.15, 0.2) is 191 Å². The second-order valence-electron chi connectivity index (χ2n) is 15.0. The molecule has 0 bridgehead atoms. The van der Waals surface area contributed by atoms with Crippen molar-refractivity contribution in [3.8, 4) is 22.3 Å². The molecule has 11 aromatic rings. The molecule has 56 heavy (non-hydrogen) atoms. The van der Waals surface area contributed by atoms with Gasteiger partial charge >= 0.3 is 0 Å². The third kappa shape index (κ3) is 4.63. The van der Waals surface area contributed by atoms with Crippen LogP contribution in [0, 0.1) is 0 Å². The number of benzene rings is 9. The summed E-state index contributed by atoms with van der Waals surface area (Å²) in [4.78, 5) is 0. The Balaban J connectivity index is 1.11. The average Bonchev–Trinajstić information content (AvgIpc) is 3.85. The van der Waals surface area contributed by atoms with E-state index in [1.165, 1.54) is 71.6 Å². The van der Waals surface area contributed by atoms with Gasteiger partial charge in [-0.05, 0) is 114 Å². The molecule has 0 fully saturated rings. The van der Waals surface area contributed by atoms with Crippen molar-refractivity contribution in [1.29, 1.82) is 0 Å². The molecule has 1 aliphatic carbocycles. The van der Waals surface area contributed by atoms with E-state index in [-0.39, 0.29) is 0 Å². The van der Waals surface area contributed by atoms with E-state index in [0.29, 0.717) is 0 Å². The Hall–Kier alpha value is -7.16. The van der Waals surface area contributed by atoms with E-state index in [1.807, 2.05) is 0 Å². The highest BCUT2D eigenvalue weighted by Gasteiger charge is 2.25. The molecule has 0 spiro atoms. The molecule has 9 aromatic carbocycles. The first kappa shape index (κ1) is 31.2. The van der Waals surface area contributed by atoms with Crippen molar-refractivity contribution in [3.05, 3.63) is 204 Å². The normalized spacial score (nSPS) is 13.1. The lowest BCUT2D eigenvalue weighted by atomic mass is 9.79. The molecule has 2 heteroatoms. The number of fused-ring (bicyclic) bond motifs is 12. The Morgan fingerprint density at radius 3 is 1.64 bits per heavy atom. The quantitative estimate of drug-likeness (QED) is 0.181. The fraction of sp³-hybridized carbons (Fsp3) is 0.0370. The SMILES string of the molecule is c1ccc(C2=C(c3ccc4c(c3)oc3c5oc6cc(-c7c(-c8ccccc8)ccc8ccccc78)ccc6c5c5ccccc5c43)c3ccccc3CC2)cc1. The first-order valence-corrected chi connectivity index (χ1v) is 19.5. The van der Waals surface area contributed by atoms with E-state index >= 15 is 0 Å². The minimum atomic E-state index is 0.789. The summed E-state index contributed by atoms with van der Waals surface area (Å²) < 4.78 is 14.0. The maximum Gasteiger partial charge on any atom is 0.179 e. The van der Waals surface area contributed by atoms with Gasteiger partial charge in [0.1, 0.15) is 11.2 Å². The number of hydrogen-bond acceptors (Lipinski definition) is 2. The van der Waals surface area contributed by atoms with Crippen LogP contribution in [0.1, 0.15) is 28.7 Å². The zero-order valence-corrected chi connectivity index (χ0v) is 30.6. The monoisotopic (exact) mass is 714 g/mol. The van der Waals surface area contributed by atoms with E-state index in [9.17, 15) is 0 Å². The molecular weight excluding hydrogens is 681 g/mol. The number of hydrogen-bond donors (Lipinski definition) is 0. The smallest absolute Gasteiger partial charge is 0.179 e. The third-order valence-electron chi connectivity index (χ3n) is 12.0. The third-order valence-corrected chi connectivity index (χ3v) is 12.0. The van der Waals surface area contributed by atoms with Gasteiger partial charge in [0.2, 0.25) is 0 Å². The summed E-state index contributed by atoms with van der Waals surface area (Å²) in [5.41, 5.74) is 15.8. The number of rotatable bonds is 4. The zero-order chi connectivity index (χ0) is 36.7. The molecule has 2 nitrogen and oxygen atoms in total. The predicted molar refractivity (Wildman–Crippen MR) is 234 cm³/mol. The lowest BCUT2D eigenvalue weighted by molar-refractivity contribution is 0.633. The topological polar surface area (TPSA) is 26.3 Å². The molecule has 0 saturated carbocycles. The summed E-state index contributed by atoms with van der Waals surface area (Å²) in [5, 5.41) is 9.12. The Kier molecular flexibility index (Phi) is 6.79. The van der Waals surface area contributed by atoms with Gasteiger partial charge in [-0.15, -0.1) is 0 Å². The molecule has 0 aliphatic heterocycles. The fourth-order valence-electron chi connectivity index (χ4n) is 9.51. The van der Waals surface area contributed by atoms with Crippen molar-refractivity contribution in [2.45, 2.75) is 12.8 Å². The first-order chi connectivity index (χ1) is 27.8. The van der Waals surface area contributed by atoms with Gasteiger partial charge in [0.05, 0.1) is 0 Å². The summed E-state index contributed by atoms with van der Waals surface area (Å²) in [5.74, 6) is 0. The largest absolute Gasteiger partial charge is 0.452 e. The summed E-state index contributed by atoms with van der Waals surface area (Å²) in [6, 6.07) is 65.7. The Morgan fingerprint density at radius 1 is 0.357 bits per heavy atom. The van der Waals surface area contributed by atoms with Crippen molar-refractivity contribution in [1.82, 2.24) is 0 Å². The van der Waals surface area contributed by atoms with Gasteiger partial charge in [-0.2, -0.15) is 0 Å². The van der Waals surface area contributed by atoms with Crippen LogP contribution in [0.5, 0.6) is 0 Å². The molecule has 0 saturated heterocycles. The van der Waals surface area contributed by atoms with Crippen molar-refractivity contribution in [3.63, 3.8) is 0 Å². The van der Waals surface area contributed by atoms with Crippen molar-refractivity contribution in [2.75, 3.05) is 0 Å². The minimum Gasteiger partial charge on any atom is -0.452 e. The van der Waals surface area contributed by atoms with Gasteiger partial charge in [0.15, 0.2) is 11.2 Å². The van der Waals surface area contributed by atoms with Gasteiger partial charge in [0.25, 0.3) is 0 Å². The number of aryl methyl sites for hydroxylation is 1. The molecule has 0 amide bonds. The van der Waals surface area contributed by atoms with Crippen LogP contribution in [-0.2, 0) is 6.42 Å². The lowest BCUT2D eigenvalue weighted by Crippen LogP contribution is -2.06. The van der Waals surface area contributed by atoms with Gasteiger partial charge in [-0.3, -0.25) is 0 Å². The van der Waals surface area contributed by atoms with E-state index < -0.39 is 0 Å². The summed E-state index contributed by atoms with van der Waals surface area (Å²) >= 11 is 0. The Morgan fingerprint density at radius 2 is 0.929 bits per heavy atom. The first-order valence-electron chi connectivity index (χ1n) is 19.5. The highest BCUT2D eigenvalue weighted by Crippen LogP contribution is 2.48. The van der Waals surface area contributed by atoms with E-state index in [0.717, 1.165) is 62.3 Å². The predicted octanol–water partition coefficient (Wildman–Crippen LogP) is 15.0. The molecule has 2 heterocycles. The maximum absolute atomic E-state index is 7.00. The van der Waals surface area contributed by atoms with Gasteiger partial charge < -0.3 is 8.83 Å². The molecule has 262 valence electrons. The molecule has 1 aliphatic rings. The summed E-state index contributed by atoms with van der Waals surface area (Å²) in [6.45, 7) is 0. The highest BCUT2D eigenvalue weighted by atomic mass is 16.4. The molecule has 2 aromatic heterocycles. The second-order valence-corrected chi connectivity index (χ2v) is 15.0. The number of furan rings is 2. The highest BCUT2D eigenvalue weighted by molar-refractivity contribution is 6.33. The molecule has 0 atom stereocenters. The molecule has 0 unspecified atom stereocenters. The standard InChI is InChI=1S/C54H34O2/c1-3-13-33(14-4-1)41-27-23-35-17-7-9-19-39(35)49(41)37-25-29-45-47(31-37)55-53-51(45)43-21-11-12-22-44(43)52-46-30-26-38(32-48(46)56-54(52)53)50-40-20-10-8-18-36(40)24-28-42(50)34-15-5-2-6-16-34/h1-23,25-27,29-32H,24,28H2. The van der Waals surface area contributed by atoms with E-state index in [4.69, 9.17) is 8.83 Å². The zero-order valence-electron chi connectivity index (χ0n) is 30.6. The molecular formula is C54H34O2. The van der Waals surface area contributed by atoms with Gasteiger partial charge in [-0.25, -0.2) is 0 Å². The summed E-state index contributed by atoms with van der Waals surface area (Å²) in [6.07, 6.45) is 2.02. The Labute approximate surface area is 323 Å². The molecule has 0 N–H and O–H groups in total. The number of allylic oxidation sites excluding steroid dienone is 1. The van der Waals surface area contributed by atoms with Crippen molar-refractivity contribution >= 4 is 76.6 Å². The van der Waals surface area contributed by atoms with Crippen LogP contribution in [0.3, 0.4) is 0 Å². The van der Waals surface area contributed by atoms with Gasteiger partial charge in [-0.1, -0.05) is 158 Å². The Bertz CT molecular complexity index is 3400. The summed E-state index contributed by atoms with van der Waals surface area (Å²) in [7, 11) is 0. The second kappa shape index (κ2) is 12.2. The average molecular weight is 715 g/mol. The minimum absolute atomic E-state index is 0.789.